The second kappa shape index (κ2) is 3.97. The number of thiocyanates is 1. The van der Waals surface area contributed by atoms with Crippen LogP contribution in [0.25, 0.3) is 0 Å². The molecule has 0 aromatic heterocycles. The summed E-state index contributed by atoms with van der Waals surface area (Å²) in [5.74, 6) is 0. The average molecular weight is 156 g/mol. The molecule has 0 aliphatic carbocycles. The van der Waals surface area contributed by atoms with Crippen molar-refractivity contribution in [2.45, 2.75) is 5.70 Å². The molecule has 50 valence electrons. The summed E-state index contributed by atoms with van der Waals surface area (Å²) in [4.78, 5) is 0. The SMILES string of the molecule is [2H]c1c([2H])c([2H])c(C([2H])([2H])SC#N)c([2H])c1[2H]. The van der Waals surface area contributed by atoms with Crippen molar-refractivity contribution in [3.63, 3.8) is 0 Å². The van der Waals surface area contributed by atoms with Crippen molar-refractivity contribution in [3.8, 4) is 5.40 Å². The van der Waals surface area contributed by atoms with Gasteiger partial charge in [-0.1, -0.05) is 30.2 Å². The van der Waals surface area contributed by atoms with Gasteiger partial charge in [-0.05, 0) is 17.3 Å². The summed E-state index contributed by atoms with van der Waals surface area (Å²) in [5, 5.41) is 9.98. The molecule has 0 aliphatic heterocycles. The molecule has 0 saturated carbocycles. The van der Waals surface area contributed by atoms with Gasteiger partial charge in [-0.25, -0.2) is 0 Å². The molecule has 0 aliphatic rings. The Morgan fingerprint density at radius 3 is 2.90 bits per heavy atom. The van der Waals surface area contributed by atoms with Gasteiger partial charge in [-0.2, -0.15) is 5.26 Å². The summed E-state index contributed by atoms with van der Waals surface area (Å²) < 4.78 is 52.3. The van der Waals surface area contributed by atoms with Gasteiger partial charge in [-0.15, -0.1) is 0 Å². The third-order valence-corrected chi connectivity index (χ3v) is 1.10. The van der Waals surface area contributed by atoms with Gasteiger partial charge in [0.15, 0.2) is 0 Å². The number of rotatable bonds is 2. The molecule has 0 N–H and O–H groups in total. The molecule has 1 rings (SSSR count). The third-order valence-electron chi connectivity index (χ3n) is 0.699. The number of benzene rings is 1. The molecule has 0 fully saturated rings. The summed E-state index contributed by atoms with van der Waals surface area (Å²) in [6.07, 6.45) is 0. The minimum atomic E-state index is -2.35. The van der Waals surface area contributed by atoms with Crippen molar-refractivity contribution < 1.29 is 9.60 Å². The van der Waals surface area contributed by atoms with Gasteiger partial charge in [0.2, 0.25) is 0 Å². The molecule has 1 aromatic carbocycles. The van der Waals surface area contributed by atoms with Crippen LogP contribution in [0.3, 0.4) is 0 Å². The first kappa shape index (κ1) is 2.28. The van der Waals surface area contributed by atoms with Crippen LogP contribution in [-0.4, -0.2) is 0 Å². The minimum Gasteiger partial charge on any atom is -0.185 e. The van der Waals surface area contributed by atoms with Crippen LogP contribution in [0.1, 0.15) is 15.2 Å². The second-order valence-corrected chi connectivity index (χ2v) is 1.89. The van der Waals surface area contributed by atoms with E-state index in [0.717, 1.165) is 0 Å². The zero-order valence-electron chi connectivity index (χ0n) is 11.9. The van der Waals surface area contributed by atoms with E-state index in [1.54, 1.807) is 0 Å². The van der Waals surface area contributed by atoms with Gasteiger partial charge in [0.25, 0.3) is 0 Å². The molecule has 0 unspecified atom stereocenters. The van der Waals surface area contributed by atoms with Gasteiger partial charge in [-0.3, -0.25) is 0 Å². The van der Waals surface area contributed by atoms with Crippen LogP contribution in [0, 0.1) is 10.7 Å². The van der Waals surface area contributed by atoms with Gasteiger partial charge in [0.05, 0.1) is 6.85 Å². The van der Waals surface area contributed by atoms with Crippen LogP contribution in [0.15, 0.2) is 30.2 Å². The Kier molecular flexibility index (Phi) is 0.906. The molecule has 10 heavy (non-hydrogen) atoms. The Morgan fingerprint density at radius 1 is 1.60 bits per heavy atom. The van der Waals surface area contributed by atoms with E-state index in [9.17, 15) is 0 Å². The molecule has 0 spiro atoms. The molecule has 2 heteroatoms. The molecule has 0 heterocycles. The zero-order chi connectivity index (χ0) is 13.4. The van der Waals surface area contributed by atoms with Crippen LogP contribution in [0.4, 0.5) is 0 Å². The standard InChI is InChI=1S/C8H7NS/c9-7-10-6-8-4-2-1-3-5-8/h1-5H,6H2/i1D,2D,3D,4D,5D,6D2. The topological polar surface area (TPSA) is 23.8 Å². The molecular formula is C8H7NS. The smallest absolute Gasteiger partial charge is 0.133 e. The zero-order valence-corrected chi connectivity index (χ0v) is 5.67. The largest absolute Gasteiger partial charge is 0.185 e. The van der Waals surface area contributed by atoms with Crippen molar-refractivity contribution in [1.29, 1.82) is 5.26 Å². The summed E-state index contributed by atoms with van der Waals surface area (Å²) >= 11 is 0.209. The number of nitrogens with zero attached hydrogens (tertiary/aromatic N) is 1. The van der Waals surface area contributed by atoms with Crippen molar-refractivity contribution >= 4 is 11.8 Å². The van der Waals surface area contributed by atoms with Crippen molar-refractivity contribution in [2.24, 2.45) is 0 Å². The van der Waals surface area contributed by atoms with E-state index < -0.39 is 41.5 Å². The average Bonchev–Trinajstić information content (AvgIpc) is 2.23. The van der Waals surface area contributed by atoms with E-state index in [1.165, 1.54) is 5.40 Å². The molecule has 0 saturated heterocycles. The van der Waals surface area contributed by atoms with Gasteiger partial charge < -0.3 is 0 Å². The van der Waals surface area contributed by atoms with Crippen LogP contribution >= 0.6 is 11.8 Å². The van der Waals surface area contributed by atoms with E-state index in [1.807, 2.05) is 0 Å². The highest BCUT2D eigenvalue weighted by Crippen LogP contribution is 2.08. The Morgan fingerprint density at radius 2 is 2.30 bits per heavy atom. The third kappa shape index (κ3) is 2.12. The quantitative estimate of drug-likeness (QED) is 0.614. The number of hydrogen-bond acceptors (Lipinski definition) is 2. The number of nitriles is 1. The minimum absolute atomic E-state index is 0.209. The normalized spacial score (nSPS) is 20.1. The van der Waals surface area contributed by atoms with E-state index in [-0.39, 0.29) is 11.8 Å². The fraction of sp³-hybridized carbons (Fsp3) is 0.125. The Bertz CT molecular complexity index is 479. The van der Waals surface area contributed by atoms with E-state index in [4.69, 9.17) is 14.9 Å². The summed E-state index contributed by atoms with van der Waals surface area (Å²) in [6.45, 7) is 0. The van der Waals surface area contributed by atoms with E-state index in [2.05, 4.69) is 0 Å². The first-order valence-electron chi connectivity index (χ1n) is 5.88. The van der Waals surface area contributed by atoms with Crippen LogP contribution in [-0.2, 0) is 5.70 Å². The monoisotopic (exact) mass is 156 g/mol. The Labute approximate surface area is 74.5 Å². The molecule has 0 amide bonds. The second-order valence-electron chi connectivity index (χ2n) is 1.30. The first-order chi connectivity index (χ1) is 7.74. The molecule has 0 bridgehead atoms. The lowest BCUT2D eigenvalue weighted by Gasteiger charge is -1.92. The van der Waals surface area contributed by atoms with Gasteiger partial charge in [0, 0.05) is 8.45 Å². The summed E-state index contributed by atoms with van der Waals surface area (Å²) in [5.41, 5.74) is -2.85. The highest BCUT2D eigenvalue weighted by Gasteiger charge is 1.88. The molecule has 1 nitrogen and oxygen atoms in total. The van der Waals surface area contributed by atoms with Crippen molar-refractivity contribution in [1.82, 2.24) is 0 Å². The maximum absolute atomic E-state index is 8.46. The van der Waals surface area contributed by atoms with E-state index >= 15 is 0 Å². The molecule has 0 radical (unpaired) electrons. The maximum atomic E-state index is 8.46. The highest BCUT2D eigenvalue weighted by atomic mass is 32.2. The van der Waals surface area contributed by atoms with Crippen LogP contribution in [0.5, 0.6) is 0 Å². The van der Waals surface area contributed by atoms with Crippen LogP contribution in [0.2, 0.25) is 0 Å². The predicted octanol–water partition coefficient (Wildman–Crippen LogP) is 2.40. The molecule has 0 atom stereocenters. The fourth-order valence-electron chi connectivity index (χ4n) is 0.375. The Hall–Kier alpha value is -0.940. The lowest BCUT2D eigenvalue weighted by molar-refractivity contribution is 1.42. The first-order valence-corrected chi connectivity index (χ1v) is 3.20. The fourth-order valence-corrected chi connectivity index (χ4v) is 0.625. The molecular weight excluding hydrogens is 142 g/mol. The lowest BCUT2D eigenvalue weighted by atomic mass is 10.2. The van der Waals surface area contributed by atoms with Gasteiger partial charge >= 0.3 is 0 Å². The van der Waals surface area contributed by atoms with Crippen molar-refractivity contribution in [3.05, 3.63) is 35.8 Å². The molecule has 1 aromatic rings. The van der Waals surface area contributed by atoms with Gasteiger partial charge in [0.1, 0.15) is 5.40 Å². The Balaban J connectivity index is 3.61. The lowest BCUT2D eigenvalue weighted by Crippen LogP contribution is -1.74. The predicted molar refractivity (Wildman–Crippen MR) is 43.4 cm³/mol. The van der Waals surface area contributed by atoms with Crippen molar-refractivity contribution in [2.75, 3.05) is 0 Å². The van der Waals surface area contributed by atoms with Crippen LogP contribution < -0.4 is 0 Å². The number of hydrogen-bond donors (Lipinski definition) is 0. The number of thioether (sulfide) groups is 1. The van der Waals surface area contributed by atoms with E-state index in [0.29, 0.717) is 0 Å². The summed E-state index contributed by atoms with van der Waals surface area (Å²) in [7, 11) is 0. The summed E-state index contributed by atoms with van der Waals surface area (Å²) in [6, 6.07) is -3.04. The highest BCUT2D eigenvalue weighted by molar-refractivity contribution is 8.02. The maximum Gasteiger partial charge on any atom is 0.133 e.